The van der Waals surface area contributed by atoms with Crippen LogP contribution in [-0.2, 0) is 24.2 Å². The van der Waals surface area contributed by atoms with E-state index in [0.717, 1.165) is 40.2 Å². The van der Waals surface area contributed by atoms with Crippen molar-refractivity contribution < 1.29 is 14.3 Å². The summed E-state index contributed by atoms with van der Waals surface area (Å²) in [7, 11) is 0. The topological polar surface area (TPSA) is 84.4 Å². The van der Waals surface area contributed by atoms with Gasteiger partial charge in [0.05, 0.1) is 6.61 Å². The highest BCUT2D eigenvalue weighted by Crippen LogP contribution is 2.37. The number of esters is 1. The standard InChI is InChI=1S/C24H24N4O3S2/c1-2-31-23(29)20-16-7-3-4-8-18(16)32-21(20)27-24(30)26-13-17-15-9-10-25-14-19(15)33-22(17)28-11-5-6-12-28/h3-8,11-12,25H,2,9-10,13-14H2,1H3,(H2,26,27,30). The average molecular weight is 481 g/mol. The normalized spacial score (nSPS) is 13.0. The molecular weight excluding hydrogens is 456 g/mol. The van der Waals surface area contributed by atoms with Gasteiger partial charge in [-0.25, -0.2) is 9.59 Å². The number of hydrogen-bond acceptors (Lipinski definition) is 6. The van der Waals surface area contributed by atoms with Gasteiger partial charge in [0.2, 0.25) is 0 Å². The fourth-order valence-corrected chi connectivity index (χ4v) is 6.49. The van der Waals surface area contributed by atoms with Crippen molar-refractivity contribution in [2.75, 3.05) is 18.5 Å². The van der Waals surface area contributed by atoms with E-state index in [1.807, 2.05) is 48.8 Å². The average Bonchev–Trinajstić information content (AvgIpc) is 3.54. The van der Waals surface area contributed by atoms with Crippen molar-refractivity contribution in [3.63, 3.8) is 0 Å². The van der Waals surface area contributed by atoms with Crippen molar-refractivity contribution >= 4 is 49.8 Å². The number of nitrogens with zero attached hydrogens (tertiary/aromatic N) is 1. The molecule has 1 aliphatic rings. The first-order valence-corrected chi connectivity index (χ1v) is 12.5. The number of thiophene rings is 2. The first kappa shape index (κ1) is 21.7. The Morgan fingerprint density at radius 2 is 1.97 bits per heavy atom. The summed E-state index contributed by atoms with van der Waals surface area (Å²) in [6.45, 7) is 4.23. The molecule has 170 valence electrons. The molecule has 5 rings (SSSR count). The van der Waals surface area contributed by atoms with E-state index in [1.165, 1.54) is 21.8 Å². The van der Waals surface area contributed by atoms with E-state index in [1.54, 1.807) is 18.3 Å². The number of rotatable bonds is 6. The van der Waals surface area contributed by atoms with Crippen LogP contribution < -0.4 is 16.0 Å². The molecule has 9 heteroatoms. The van der Waals surface area contributed by atoms with E-state index in [2.05, 4.69) is 20.5 Å². The first-order valence-electron chi connectivity index (χ1n) is 10.9. The molecule has 1 aliphatic heterocycles. The minimum absolute atomic E-state index is 0.273. The van der Waals surface area contributed by atoms with E-state index < -0.39 is 5.97 Å². The molecule has 4 aromatic rings. The van der Waals surface area contributed by atoms with Gasteiger partial charge in [-0.05, 0) is 43.7 Å². The van der Waals surface area contributed by atoms with Crippen molar-refractivity contribution in [1.82, 2.24) is 15.2 Å². The molecule has 1 aromatic carbocycles. The third-order valence-electron chi connectivity index (χ3n) is 5.58. The maximum atomic E-state index is 12.9. The molecule has 0 atom stereocenters. The van der Waals surface area contributed by atoms with Gasteiger partial charge in [0.25, 0.3) is 0 Å². The molecule has 7 nitrogen and oxygen atoms in total. The van der Waals surface area contributed by atoms with Crippen LogP contribution in [0.3, 0.4) is 0 Å². The van der Waals surface area contributed by atoms with Crippen LogP contribution in [0.1, 0.15) is 33.3 Å². The van der Waals surface area contributed by atoms with Gasteiger partial charge in [-0.15, -0.1) is 22.7 Å². The van der Waals surface area contributed by atoms with Gasteiger partial charge in [-0.3, -0.25) is 5.32 Å². The Morgan fingerprint density at radius 3 is 2.79 bits per heavy atom. The molecule has 0 aliphatic carbocycles. The number of benzene rings is 1. The van der Waals surface area contributed by atoms with Gasteiger partial charge >= 0.3 is 12.0 Å². The second kappa shape index (κ2) is 9.38. The fourth-order valence-electron chi connectivity index (χ4n) is 4.10. The summed E-state index contributed by atoms with van der Waals surface area (Å²) in [4.78, 5) is 26.8. The lowest BCUT2D eigenvalue weighted by atomic mass is 10.0. The number of hydrogen-bond donors (Lipinski definition) is 3. The Hall–Kier alpha value is -3.14. The number of carbonyl (C=O) groups is 2. The van der Waals surface area contributed by atoms with E-state index in [9.17, 15) is 9.59 Å². The van der Waals surface area contributed by atoms with E-state index >= 15 is 0 Å². The van der Waals surface area contributed by atoms with Gasteiger partial charge in [0, 0.05) is 46.0 Å². The van der Waals surface area contributed by atoms with Crippen molar-refractivity contribution in [3.8, 4) is 5.00 Å². The summed E-state index contributed by atoms with van der Waals surface area (Å²) in [5.74, 6) is -0.431. The van der Waals surface area contributed by atoms with Crippen molar-refractivity contribution in [3.05, 3.63) is 70.4 Å². The predicted molar refractivity (Wildman–Crippen MR) is 133 cm³/mol. The highest BCUT2D eigenvalue weighted by atomic mass is 32.1. The maximum absolute atomic E-state index is 12.9. The van der Waals surface area contributed by atoms with E-state index in [0.29, 0.717) is 17.1 Å². The quantitative estimate of drug-likeness (QED) is 0.343. The summed E-state index contributed by atoms with van der Waals surface area (Å²) in [6, 6.07) is 11.2. The zero-order chi connectivity index (χ0) is 22.8. The smallest absolute Gasteiger partial charge is 0.341 e. The number of ether oxygens (including phenoxy) is 1. The molecule has 0 bridgehead atoms. The van der Waals surface area contributed by atoms with Crippen molar-refractivity contribution in [1.29, 1.82) is 0 Å². The van der Waals surface area contributed by atoms with Crippen LogP contribution in [0.4, 0.5) is 9.80 Å². The Balaban J connectivity index is 1.38. The van der Waals surface area contributed by atoms with Crippen LogP contribution in [-0.4, -0.2) is 29.7 Å². The van der Waals surface area contributed by atoms with Gasteiger partial charge < -0.3 is 19.9 Å². The van der Waals surface area contributed by atoms with Crippen molar-refractivity contribution in [2.24, 2.45) is 0 Å². The highest BCUT2D eigenvalue weighted by Gasteiger charge is 2.24. The maximum Gasteiger partial charge on any atom is 0.341 e. The van der Waals surface area contributed by atoms with Crippen LogP contribution in [0.25, 0.3) is 15.1 Å². The van der Waals surface area contributed by atoms with Gasteiger partial charge in [-0.1, -0.05) is 18.2 Å². The Kier molecular flexibility index (Phi) is 6.17. The van der Waals surface area contributed by atoms with Crippen LogP contribution in [0.2, 0.25) is 0 Å². The number of urea groups is 1. The zero-order valence-electron chi connectivity index (χ0n) is 18.1. The molecule has 2 amide bonds. The summed E-state index contributed by atoms with van der Waals surface area (Å²) in [5, 5.41) is 11.7. The predicted octanol–water partition coefficient (Wildman–Crippen LogP) is 4.90. The molecule has 3 aromatic heterocycles. The number of nitrogens with one attached hydrogen (secondary N) is 3. The summed E-state index contributed by atoms with van der Waals surface area (Å²) < 4.78 is 8.26. The molecule has 0 fully saturated rings. The van der Waals surface area contributed by atoms with Gasteiger partial charge in [0.15, 0.2) is 0 Å². The lowest BCUT2D eigenvalue weighted by molar-refractivity contribution is 0.0530. The fraction of sp³-hybridized carbons (Fsp3) is 0.250. The molecule has 33 heavy (non-hydrogen) atoms. The zero-order valence-corrected chi connectivity index (χ0v) is 19.8. The highest BCUT2D eigenvalue weighted by molar-refractivity contribution is 7.23. The first-order chi connectivity index (χ1) is 16.2. The number of aromatic nitrogens is 1. The molecular formula is C24H24N4O3S2. The Morgan fingerprint density at radius 1 is 1.15 bits per heavy atom. The third kappa shape index (κ3) is 4.27. The lowest BCUT2D eigenvalue weighted by Gasteiger charge is -2.15. The van der Waals surface area contributed by atoms with Crippen LogP contribution in [0, 0.1) is 0 Å². The lowest BCUT2D eigenvalue weighted by Crippen LogP contribution is -2.30. The van der Waals surface area contributed by atoms with Crippen molar-refractivity contribution in [2.45, 2.75) is 26.4 Å². The molecule has 0 saturated heterocycles. The molecule has 0 saturated carbocycles. The van der Waals surface area contributed by atoms with Gasteiger partial charge in [0.1, 0.15) is 15.6 Å². The molecule has 0 unspecified atom stereocenters. The second-order valence-corrected chi connectivity index (χ2v) is 9.77. The summed E-state index contributed by atoms with van der Waals surface area (Å²) in [6.07, 6.45) is 4.99. The number of fused-ring (bicyclic) bond motifs is 2. The molecule has 0 radical (unpaired) electrons. The Labute approximate surface area is 199 Å². The monoisotopic (exact) mass is 480 g/mol. The molecule has 3 N–H and O–H groups in total. The minimum atomic E-state index is -0.431. The van der Waals surface area contributed by atoms with E-state index in [4.69, 9.17) is 4.74 Å². The molecule has 4 heterocycles. The number of amides is 2. The minimum Gasteiger partial charge on any atom is -0.462 e. The Bertz CT molecular complexity index is 1310. The summed E-state index contributed by atoms with van der Waals surface area (Å²) in [5.41, 5.74) is 2.86. The second-order valence-electron chi connectivity index (χ2n) is 7.64. The van der Waals surface area contributed by atoms with Crippen LogP contribution in [0.5, 0.6) is 0 Å². The summed E-state index contributed by atoms with van der Waals surface area (Å²) >= 11 is 3.13. The van der Waals surface area contributed by atoms with Crippen LogP contribution >= 0.6 is 22.7 Å². The third-order valence-corrected chi connectivity index (χ3v) is 7.96. The van der Waals surface area contributed by atoms with E-state index in [-0.39, 0.29) is 12.6 Å². The SMILES string of the molecule is CCOC(=O)c1c(NC(=O)NCc2c(-n3cccc3)sc3c2CCNC3)sc2ccccc12. The number of carbonyl (C=O) groups excluding carboxylic acids is 2. The largest absolute Gasteiger partial charge is 0.462 e. The number of anilines is 1. The molecule has 0 spiro atoms. The van der Waals surface area contributed by atoms with Gasteiger partial charge in [-0.2, -0.15) is 0 Å². The van der Waals surface area contributed by atoms with Crippen LogP contribution in [0.15, 0.2) is 48.8 Å².